The number of nitrogens with zero attached hydrogens (tertiary/aromatic N) is 1. The van der Waals surface area contributed by atoms with Crippen LogP contribution in [0.4, 0.5) is 29.1 Å². The first-order valence-corrected chi connectivity index (χ1v) is 5.60. The third kappa shape index (κ3) is 3.47. The fourth-order valence-corrected chi connectivity index (χ4v) is 1.57. The summed E-state index contributed by atoms with van der Waals surface area (Å²) in [5, 5.41) is 11.1. The maximum atomic E-state index is 13.5. The second kappa shape index (κ2) is 5.39. The van der Waals surface area contributed by atoms with E-state index in [2.05, 4.69) is 10.3 Å². The minimum absolute atomic E-state index is 0.0758. The molecule has 0 unspecified atom stereocenters. The molecule has 0 amide bonds. The number of anilines is 2. The maximum absolute atomic E-state index is 13.5. The highest BCUT2D eigenvalue weighted by Gasteiger charge is 2.31. The van der Waals surface area contributed by atoms with Crippen LogP contribution in [0.25, 0.3) is 0 Å². The number of carbonyl (C=O) groups is 1. The standard InChI is InChI=1S/C13H8F4N2O2/c14-9-2-1-8(13(15,16)17)6-10(9)19-11-5-7(12(20)21)3-4-18-11/h1-6H,(H,18,19)(H,20,21). The van der Waals surface area contributed by atoms with Crippen LogP contribution in [0.1, 0.15) is 15.9 Å². The topological polar surface area (TPSA) is 62.2 Å². The molecule has 0 saturated carbocycles. The number of halogens is 4. The highest BCUT2D eigenvalue weighted by Crippen LogP contribution is 2.32. The lowest BCUT2D eigenvalue weighted by atomic mass is 10.2. The Balaban J connectivity index is 2.35. The highest BCUT2D eigenvalue weighted by atomic mass is 19.4. The van der Waals surface area contributed by atoms with E-state index in [4.69, 9.17) is 5.11 Å². The molecule has 0 aliphatic carbocycles. The van der Waals surface area contributed by atoms with Crippen LogP contribution in [0.15, 0.2) is 36.5 Å². The van der Waals surface area contributed by atoms with Gasteiger partial charge in [-0.1, -0.05) is 0 Å². The van der Waals surface area contributed by atoms with Gasteiger partial charge in [0.25, 0.3) is 0 Å². The summed E-state index contributed by atoms with van der Waals surface area (Å²) in [6.07, 6.45) is -3.46. The van der Waals surface area contributed by atoms with Gasteiger partial charge in [-0.2, -0.15) is 13.2 Å². The minimum atomic E-state index is -4.61. The number of aromatic carboxylic acids is 1. The van der Waals surface area contributed by atoms with Crippen LogP contribution in [0.3, 0.4) is 0 Å². The molecule has 0 radical (unpaired) electrons. The Kier molecular flexibility index (Phi) is 3.79. The molecule has 1 aromatic carbocycles. The maximum Gasteiger partial charge on any atom is 0.416 e. The van der Waals surface area contributed by atoms with Crippen molar-refractivity contribution >= 4 is 17.5 Å². The summed E-state index contributed by atoms with van der Waals surface area (Å²) in [7, 11) is 0. The van der Waals surface area contributed by atoms with E-state index >= 15 is 0 Å². The van der Waals surface area contributed by atoms with Gasteiger partial charge in [0, 0.05) is 6.20 Å². The summed E-state index contributed by atoms with van der Waals surface area (Å²) in [5.41, 5.74) is -1.60. The number of alkyl halides is 3. The van der Waals surface area contributed by atoms with E-state index in [1.54, 1.807) is 0 Å². The van der Waals surface area contributed by atoms with Gasteiger partial charge in [0.2, 0.25) is 0 Å². The van der Waals surface area contributed by atoms with Gasteiger partial charge in [0.1, 0.15) is 11.6 Å². The number of benzene rings is 1. The van der Waals surface area contributed by atoms with E-state index in [0.29, 0.717) is 18.2 Å². The summed E-state index contributed by atoms with van der Waals surface area (Å²) < 4.78 is 51.2. The van der Waals surface area contributed by atoms with Gasteiger partial charge in [0.05, 0.1) is 16.8 Å². The SMILES string of the molecule is O=C(O)c1ccnc(Nc2cc(C(F)(F)F)ccc2F)c1. The van der Waals surface area contributed by atoms with Crippen molar-refractivity contribution in [3.05, 3.63) is 53.5 Å². The van der Waals surface area contributed by atoms with E-state index < -0.39 is 29.2 Å². The molecule has 0 aliphatic heterocycles. The predicted molar refractivity (Wildman–Crippen MR) is 65.9 cm³/mol. The number of rotatable bonds is 3. The lowest BCUT2D eigenvalue weighted by Gasteiger charge is -2.11. The van der Waals surface area contributed by atoms with Gasteiger partial charge in [-0.05, 0) is 30.3 Å². The number of nitrogens with one attached hydrogen (secondary N) is 1. The number of hydrogen-bond acceptors (Lipinski definition) is 3. The average Bonchev–Trinajstić information content (AvgIpc) is 2.40. The van der Waals surface area contributed by atoms with Gasteiger partial charge < -0.3 is 10.4 Å². The molecular weight excluding hydrogens is 292 g/mol. The summed E-state index contributed by atoms with van der Waals surface area (Å²) in [4.78, 5) is 14.5. The van der Waals surface area contributed by atoms with Crippen molar-refractivity contribution in [2.45, 2.75) is 6.18 Å². The molecule has 0 spiro atoms. The smallest absolute Gasteiger partial charge is 0.416 e. The molecule has 0 fully saturated rings. The van der Waals surface area contributed by atoms with Crippen LogP contribution in [-0.4, -0.2) is 16.1 Å². The molecule has 2 rings (SSSR count). The van der Waals surface area contributed by atoms with E-state index in [1.165, 1.54) is 6.07 Å². The van der Waals surface area contributed by atoms with Crippen LogP contribution in [0, 0.1) is 5.82 Å². The molecule has 0 aliphatic rings. The molecular formula is C13H8F4N2O2. The lowest BCUT2D eigenvalue weighted by Crippen LogP contribution is -2.07. The van der Waals surface area contributed by atoms with Crippen LogP contribution >= 0.6 is 0 Å². The second-order valence-electron chi connectivity index (χ2n) is 4.05. The van der Waals surface area contributed by atoms with Gasteiger partial charge in [-0.25, -0.2) is 14.2 Å². The number of hydrogen-bond donors (Lipinski definition) is 2. The van der Waals surface area contributed by atoms with Crippen molar-refractivity contribution < 1.29 is 27.5 Å². The van der Waals surface area contributed by atoms with Gasteiger partial charge in [-0.3, -0.25) is 0 Å². The second-order valence-corrected chi connectivity index (χ2v) is 4.05. The molecule has 2 aromatic rings. The first-order valence-electron chi connectivity index (χ1n) is 5.60. The van der Waals surface area contributed by atoms with E-state index in [1.807, 2.05) is 0 Å². The number of pyridine rings is 1. The van der Waals surface area contributed by atoms with Crippen molar-refractivity contribution in [3.8, 4) is 0 Å². The number of carboxylic acids is 1. The summed E-state index contributed by atoms with van der Waals surface area (Å²) in [5.74, 6) is -2.22. The minimum Gasteiger partial charge on any atom is -0.478 e. The lowest BCUT2D eigenvalue weighted by molar-refractivity contribution is -0.137. The van der Waals surface area contributed by atoms with Crippen molar-refractivity contribution in [1.29, 1.82) is 0 Å². The van der Waals surface area contributed by atoms with Crippen molar-refractivity contribution in [3.63, 3.8) is 0 Å². The van der Waals surface area contributed by atoms with E-state index in [-0.39, 0.29) is 11.4 Å². The number of aromatic nitrogens is 1. The van der Waals surface area contributed by atoms with Crippen molar-refractivity contribution in [1.82, 2.24) is 4.98 Å². The highest BCUT2D eigenvalue weighted by molar-refractivity contribution is 5.88. The van der Waals surface area contributed by atoms with E-state index in [9.17, 15) is 22.4 Å². The van der Waals surface area contributed by atoms with Gasteiger partial charge >= 0.3 is 12.1 Å². The Morgan fingerprint density at radius 1 is 1.19 bits per heavy atom. The molecule has 0 atom stereocenters. The zero-order valence-corrected chi connectivity index (χ0v) is 10.3. The molecule has 4 nitrogen and oxygen atoms in total. The third-order valence-electron chi connectivity index (χ3n) is 2.56. The molecule has 1 heterocycles. The summed E-state index contributed by atoms with van der Waals surface area (Å²) in [6, 6.07) is 4.16. The normalized spacial score (nSPS) is 11.2. The van der Waals surface area contributed by atoms with Crippen LogP contribution in [0.5, 0.6) is 0 Å². The summed E-state index contributed by atoms with van der Waals surface area (Å²) >= 11 is 0. The Morgan fingerprint density at radius 2 is 1.90 bits per heavy atom. The fourth-order valence-electron chi connectivity index (χ4n) is 1.57. The predicted octanol–water partition coefficient (Wildman–Crippen LogP) is 3.68. The molecule has 2 N–H and O–H groups in total. The van der Waals surface area contributed by atoms with E-state index in [0.717, 1.165) is 12.3 Å². The zero-order valence-electron chi connectivity index (χ0n) is 10.3. The molecule has 0 saturated heterocycles. The molecule has 21 heavy (non-hydrogen) atoms. The molecule has 110 valence electrons. The van der Waals surface area contributed by atoms with Gasteiger partial charge in [-0.15, -0.1) is 0 Å². The third-order valence-corrected chi connectivity index (χ3v) is 2.56. The zero-order chi connectivity index (χ0) is 15.6. The Hall–Kier alpha value is -2.64. The average molecular weight is 300 g/mol. The first-order chi connectivity index (χ1) is 9.77. The summed E-state index contributed by atoms with van der Waals surface area (Å²) in [6.45, 7) is 0. The van der Waals surface area contributed by atoms with Gasteiger partial charge in [0.15, 0.2) is 0 Å². The quantitative estimate of drug-likeness (QED) is 0.849. The Labute approximate surface area is 116 Å². The van der Waals surface area contributed by atoms with Crippen LogP contribution in [-0.2, 0) is 6.18 Å². The van der Waals surface area contributed by atoms with Crippen molar-refractivity contribution in [2.75, 3.05) is 5.32 Å². The molecule has 8 heteroatoms. The molecule has 1 aromatic heterocycles. The first kappa shape index (κ1) is 14.8. The Bertz CT molecular complexity index is 686. The molecule has 0 bridgehead atoms. The van der Waals surface area contributed by atoms with Crippen LogP contribution < -0.4 is 5.32 Å². The van der Waals surface area contributed by atoms with Crippen molar-refractivity contribution in [2.24, 2.45) is 0 Å². The number of carboxylic acid groups (broad SMARTS) is 1. The van der Waals surface area contributed by atoms with Crippen LogP contribution in [0.2, 0.25) is 0 Å². The Morgan fingerprint density at radius 3 is 2.52 bits per heavy atom. The largest absolute Gasteiger partial charge is 0.478 e. The fraction of sp³-hybridized carbons (Fsp3) is 0.0769. The monoisotopic (exact) mass is 300 g/mol.